The molecule has 5 heteroatoms. The number of hydrogen-bond acceptors (Lipinski definition) is 3. The second kappa shape index (κ2) is 6.74. The molecule has 2 aromatic rings. The van der Waals surface area contributed by atoms with Gasteiger partial charge in [0.25, 0.3) is 11.5 Å². The molecular weight excluding hydrogens is 268 g/mol. The van der Waals surface area contributed by atoms with Gasteiger partial charge in [-0.15, -0.1) is 0 Å². The maximum Gasteiger partial charge on any atom is 0.260 e. The molecule has 1 amide bonds. The van der Waals surface area contributed by atoms with E-state index in [9.17, 15) is 9.59 Å². The summed E-state index contributed by atoms with van der Waals surface area (Å²) < 4.78 is 5.59. The molecular formula is C16H18N2O3. The Morgan fingerprint density at radius 1 is 1.29 bits per heavy atom. The van der Waals surface area contributed by atoms with Gasteiger partial charge in [-0.3, -0.25) is 9.59 Å². The van der Waals surface area contributed by atoms with E-state index in [1.165, 1.54) is 17.2 Å². The number of benzene rings is 1. The minimum atomic E-state index is -0.381. The maximum atomic E-state index is 12.1. The monoisotopic (exact) mass is 286 g/mol. The van der Waals surface area contributed by atoms with Gasteiger partial charge in [0.1, 0.15) is 17.9 Å². The predicted molar refractivity (Wildman–Crippen MR) is 80.7 cm³/mol. The van der Waals surface area contributed by atoms with Crippen LogP contribution in [0.3, 0.4) is 0 Å². The summed E-state index contributed by atoms with van der Waals surface area (Å²) in [5.74, 6) is 0.457. The predicted octanol–water partition coefficient (Wildman–Crippen LogP) is 1.83. The number of ether oxygens (including phenoxy) is 1. The van der Waals surface area contributed by atoms with Crippen LogP contribution in [0.2, 0.25) is 0 Å². The van der Waals surface area contributed by atoms with Crippen molar-refractivity contribution < 1.29 is 9.53 Å². The summed E-state index contributed by atoms with van der Waals surface area (Å²) in [5.41, 5.74) is 0.872. The standard InChI is InChI=1S/C16H18N2O3/c1-12-5-3-6-13(11-12)21-10-9-18(2)16(20)14-7-4-8-17-15(14)19/h3-8,11H,9-10H2,1-2H3,(H,17,19). The van der Waals surface area contributed by atoms with E-state index in [1.807, 2.05) is 31.2 Å². The number of H-pyrrole nitrogens is 1. The number of pyridine rings is 1. The average molecular weight is 286 g/mol. The first-order chi connectivity index (χ1) is 10.1. The van der Waals surface area contributed by atoms with Gasteiger partial charge in [0.15, 0.2) is 0 Å². The molecule has 1 N–H and O–H groups in total. The van der Waals surface area contributed by atoms with Gasteiger partial charge in [0, 0.05) is 13.2 Å². The van der Waals surface area contributed by atoms with E-state index in [4.69, 9.17) is 4.74 Å². The van der Waals surface area contributed by atoms with Crippen molar-refractivity contribution >= 4 is 5.91 Å². The van der Waals surface area contributed by atoms with E-state index in [2.05, 4.69) is 4.98 Å². The van der Waals surface area contributed by atoms with E-state index in [0.29, 0.717) is 13.2 Å². The largest absolute Gasteiger partial charge is 0.492 e. The van der Waals surface area contributed by atoms with Crippen LogP contribution in [-0.4, -0.2) is 36.0 Å². The lowest BCUT2D eigenvalue weighted by molar-refractivity contribution is 0.0772. The fraction of sp³-hybridized carbons (Fsp3) is 0.250. The smallest absolute Gasteiger partial charge is 0.260 e. The van der Waals surface area contributed by atoms with Gasteiger partial charge < -0.3 is 14.6 Å². The SMILES string of the molecule is Cc1cccc(OCCN(C)C(=O)c2ccc[nH]c2=O)c1. The number of carbonyl (C=O) groups is 1. The van der Waals surface area contributed by atoms with Crippen molar-refractivity contribution in [1.82, 2.24) is 9.88 Å². The molecule has 0 aliphatic heterocycles. The third-order valence-electron chi connectivity index (χ3n) is 3.08. The van der Waals surface area contributed by atoms with E-state index >= 15 is 0 Å². The molecule has 110 valence electrons. The summed E-state index contributed by atoms with van der Waals surface area (Å²) in [6, 6.07) is 10.9. The second-order valence-electron chi connectivity index (χ2n) is 4.80. The van der Waals surface area contributed by atoms with Gasteiger partial charge in [-0.05, 0) is 36.8 Å². The van der Waals surface area contributed by atoms with Crippen molar-refractivity contribution in [3.63, 3.8) is 0 Å². The molecule has 0 saturated heterocycles. The molecule has 2 rings (SSSR count). The molecule has 1 aromatic carbocycles. The number of carbonyl (C=O) groups excluding carboxylic acids is 1. The molecule has 1 heterocycles. The summed E-state index contributed by atoms with van der Waals surface area (Å²) in [7, 11) is 1.65. The van der Waals surface area contributed by atoms with Crippen molar-refractivity contribution in [2.75, 3.05) is 20.2 Å². The summed E-state index contributed by atoms with van der Waals surface area (Å²) in [6.45, 7) is 2.77. The van der Waals surface area contributed by atoms with Crippen molar-refractivity contribution in [1.29, 1.82) is 0 Å². The highest BCUT2D eigenvalue weighted by Gasteiger charge is 2.14. The van der Waals surface area contributed by atoms with Crippen LogP contribution in [0, 0.1) is 6.92 Å². The number of hydrogen-bond donors (Lipinski definition) is 1. The molecule has 0 saturated carbocycles. The second-order valence-corrected chi connectivity index (χ2v) is 4.80. The number of likely N-dealkylation sites (N-methyl/N-ethyl adjacent to an activating group) is 1. The maximum absolute atomic E-state index is 12.1. The molecule has 0 aliphatic rings. The molecule has 0 atom stereocenters. The van der Waals surface area contributed by atoms with Crippen molar-refractivity contribution in [2.45, 2.75) is 6.92 Å². The first-order valence-electron chi connectivity index (χ1n) is 6.70. The summed E-state index contributed by atoms with van der Waals surface area (Å²) in [5, 5.41) is 0. The lowest BCUT2D eigenvalue weighted by atomic mass is 10.2. The van der Waals surface area contributed by atoms with Crippen LogP contribution in [0.1, 0.15) is 15.9 Å². The van der Waals surface area contributed by atoms with Crippen LogP contribution in [0.15, 0.2) is 47.4 Å². The summed E-state index contributed by atoms with van der Waals surface area (Å²) in [6.07, 6.45) is 1.50. The Morgan fingerprint density at radius 3 is 2.81 bits per heavy atom. The third kappa shape index (κ3) is 3.95. The van der Waals surface area contributed by atoms with Crippen LogP contribution in [-0.2, 0) is 0 Å². The number of aromatic nitrogens is 1. The zero-order valence-electron chi connectivity index (χ0n) is 12.1. The molecule has 0 radical (unpaired) electrons. The quantitative estimate of drug-likeness (QED) is 0.912. The first-order valence-corrected chi connectivity index (χ1v) is 6.70. The number of rotatable bonds is 5. The molecule has 1 aromatic heterocycles. The third-order valence-corrected chi connectivity index (χ3v) is 3.08. The van der Waals surface area contributed by atoms with E-state index in [1.54, 1.807) is 13.1 Å². The Bertz CT molecular complexity index is 679. The molecule has 0 bridgehead atoms. The van der Waals surface area contributed by atoms with Gasteiger partial charge in [-0.25, -0.2) is 0 Å². The van der Waals surface area contributed by atoms with Crippen LogP contribution in [0.4, 0.5) is 0 Å². The number of nitrogens with one attached hydrogen (secondary N) is 1. The Hall–Kier alpha value is -2.56. The van der Waals surface area contributed by atoms with Crippen LogP contribution in [0.25, 0.3) is 0 Å². The fourth-order valence-corrected chi connectivity index (χ4v) is 1.90. The van der Waals surface area contributed by atoms with Crippen LogP contribution >= 0.6 is 0 Å². The molecule has 0 unspecified atom stereocenters. The van der Waals surface area contributed by atoms with E-state index in [0.717, 1.165) is 11.3 Å². The topological polar surface area (TPSA) is 62.4 Å². The van der Waals surface area contributed by atoms with Crippen molar-refractivity contribution in [3.05, 3.63) is 64.1 Å². The number of nitrogens with zero attached hydrogens (tertiary/aromatic N) is 1. The zero-order chi connectivity index (χ0) is 15.2. The Labute approximate surface area is 123 Å². The molecule has 0 aliphatic carbocycles. The number of aryl methyl sites for hydroxylation is 1. The highest BCUT2D eigenvalue weighted by molar-refractivity contribution is 5.93. The summed E-state index contributed by atoms with van der Waals surface area (Å²) >= 11 is 0. The van der Waals surface area contributed by atoms with Gasteiger partial charge in [-0.2, -0.15) is 0 Å². The lowest BCUT2D eigenvalue weighted by Gasteiger charge is -2.17. The van der Waals surface area contributed by atoms with Gasteiger partial charge in [0.2, 0.25) is 0 Å². The molecule has 0 fully saturated rings. The molecule has 5 nitrogen and oxygen atoms in total. The highest BCUT2D eigenvalue weighted by atomic mass is 16.5. The van der Waals surface area contributed by atoms with Crippen molar-refractivity contribution in [3.8, 4) is 5.75 Å². The average Bonchev–Trinajstić information content (AvgIpc) is 2.47. The fourth-order valence-electron chi connectivity index (χ4n) is 1.90. The van der Waals surface area contributed by atoms with Crippen LogP contribution in [0.5, 0.6) is 5.75 Å². The van der Waals surface area contributed by atoms with Gasteiger partial charge in [0.05, 0.1) is 6.54 Å². The number of aromatic amines is 1. The number of amides is 1. The molecule has 0 spiro atoms. The van der Waals surface area contributed by atoms with Gasteiger partial charge in [-0.1, -0.05) is 12.1 Å². The Kier molecular flexibility index (Phi) is 4.77. The minimum absolute atomic E-state index is 0.135. The van der Waals surface area contributed by atoms with E-state index < -0.39 is 0 Å². The highest BCUT2D eigenvalue weighted by Crippen LogP contribution is 2.12. The van der Waals surface area contributed by atoms with Gasteiger partial charge >= 0.3 is 0 Å². The van der Waals surface area contributed by atoms with E-state index in [-0.39, 0.29) is 17.0 Å². The summed E-state index contributed by atoms with van der Waals surface area (Å²) in [4.78, 5) is 27.6. The Balaban J connectivity index is 1.90. The zero-order valence-corrected chi connectivity index (χ0v) is 12.1. The normalized spacial score (nSPS) is 10.2. The van der Waals surface area contributed by atoms with Crippen LogP contribution < -0.4 is 10.3 Å². The van der Waals surface area contributed by atoms with Crippen molar-refractivity contribution in [2.24, 2.45) is 0 Å². The minimum Gasteiger partial charge on any atom is -0.492 e. The first kappa shape index (κ1) is 14.8. The lowest BCUT2D eigenvalue weighted by Crippen LogP contribution is -2.34. The molecule has 21 heavy (non-hydrogen) atoms. The Morgan fingerprint density at radius 2 is 2.10 bits per heavy atom.